The van der Waals surface area contributed by atoms with Gasteiger partial charge in [-0.05, 0) is 38.0 Å². The van der Waals surface area contributed by atoms with Gasteiger partial charge in [-0.1, -0.05) is 18.2 Å². The molecule has 0 atom stereocenters. The van der Waals surface area contributed by atoms with Crippen molar-refractivity contribution in [3.05, 3.63) is 65.9 Å². The summed E-state index contributed by atoms with van der Waals surface area (Å²) in [6, 6.07) is 13.1. The average Bonchev–Trinajstić information content (AvgIpc) is 3.23. The summed E-state index contributed by atoms with van der Waals surface area (Å²) >= 11 is 0. The first-order chi connectivity index (χ1) is 13.2. The second kappa shape index (κ2) is 7.57. The molecule has 1 N–H and O–H groups in total. The van der Waals surface area contributed by atoms with E-state index in [-0.39, 0.29) is 11.8 Å². The largest absolute Gasteiger partial charge is 0.439 e. The van der Waals surface area contributed by atoms with Crippen LogP contribution in [0.2, 0.25) is 0 Å². The summed E-state index contributed by atoms with van der Waals surface area (Å²) < 4.78 is 5.87. The van der Waals surface area contributed by atoms with Crippen molar-refractivity contribution in [3.8, 4) is 11.6 Å². The Morgan fingerprint density at radius 3 is 2.63 bits per heavy atom. The lowest BCUT2D eigenvalue weighted by Crippen LogP contribution is -2.38. The quantitative estimate of drug-likeness (QED) is 0.769. The van der Waals surface area contributed by atoms with E-state index in [1.54, 1.807) is 12.3 Å². The molecule has 138 valence electrons. The zero-order valence-corrected chi connectivity index (χ0v) is 15.1. The van der Waals surface area contributed by atoms with E-state index < -0.39 is 0 Å². The Balaban J connectivity index is 1.44. The average molecular weight is 363 g/mol. The predicted octanol–water partition coefficient (Wildman–Crippen LogP) is 3.32. The lowest BCUT2D eigenvalue weighted by Gasteiger charge is -2.31. The number of carbonyl (C=O) groups is 1. The van der Waals surface area contributed by atoms with Crippen LogP contribution in [0.25, 0.3) is 0 Å². The fourth-order valence-electron chi connectivity index (χ4n) is 3.29. The summed E-state index contributed by atoms with van der Waals surface area (Å²) in [7, 11) is 0. The number of nitrogens with one attached hydrogen (secondary N) is 1. The molecule has 1 aliphatic rings. The number of rotatable bonds is 4. The molecule has 3 heterocycles. The van der Waals surface area contributed by atoms with Gasteiger partial charge in [-0.3, -0.25) is 9.89 Å². The highest BCUT2D eigenvalue weighted by Crippen LogP contribution is 2.28. The fourth-order valence-corrected chi connectivity index (χ4v) is 3.29. The van der Waals surface area contributed by atoms with Crippen LogP contribution < -0.4 is 4.74 Å². The van der Waals surface area contributed by atoms with Gasteiger partial charge < -0.3 is 9.64 Å². The van der Waals surface area contributed by atoms with Gasteiger partial charge in [0.1, 0.15) is 17.3 Å². The molecule has 0 unspecified atom stereocenters. The molecule has 27 heavy (non-hydrogen) atoms. The zero-order valence-electron chi connectivity index (χ0n) is 15.1. The van der Waals surface area contributed by atoms with Gasteiger partial charge in [-0.15, -0.1) is 0 Å². The number of hydrogen-bond donors (Lipinski definition) is 1. The minimum Gasteiger partial charge on any atom is -0.439 e. The Hall–Kier alpha value is -3.22. The number of nitrogens with zero attached hydrogens (tertiary/aromatic N) is 4. The molecule has 3 aromatic rings. The number of aryl methyl sites for hydroxylation is 1. The lowest BCUT2D eigenvalue weighted by atomic mass is 9.95. The van der Waals surface area contributed by atoms with Crippen molar-refractivity contribution in [1.29, 1.82) is 0 Å². The molecule has 0 aliphatic carbocycles. The van der Waals surface area contributed by atoms with Crippen molar-refractivity contribution in [2.45, 2.75) is 25.7 Å². The van der Waals surface area contributed by atoms with Gasteiger partial charge in [-0.25, -0.2) is 4.98 Å². The topological polar surface area (TPSA) is 84.0 Å². The molecule has 1 saturated heterocycles. The highest BCUT2D eigenvalue weighted by Gasteiger charge is 2.27. The number of ether oxygens (including phenoxy) is 1. The summed E-state index contributed by atoms with van der Waals surface area (Å²) in [5.74, 6) is 2.30. The number of para-hydroxylation sites is 1. The molecule has 2 aromatic heterocycles. The van der Waals surface area contributed by atoms with Crippen molar-refractivity contribution in [2.24, 2.45) is 0 Å². The maximum Gasteiger partial charge on any atom is 0.271 e. The lowest BCUT2D eigenvalue weighted by molar-refractivity contribution is 0.0705. The van der Waals surface area contributed by atoms with E-state index >= 15 is 0 Å². The SMILES string of the molecule is Cc1cc(Oc2ccccc2)nc(C2CCN(C(=O)c3ccn[nH]3)CC2)n1. The van der Waals surface area contributed by atoms with Gasteiger partial charge in [0, 0.05) is 37.0 Å². The Morgan fingerprint density at radius 1 is 1.15 bits per heavy atom. The van der Waals surface area contributed by atoms with E-state index in [0.717, 1.165) is 30.1 Å². The van der Waals surface area contributed by atoms with Crippen molar-refractivity contribution < 1.29 is 9.53 Å². The summed E-state index contributed by atoms with van der Waals surface area (Å²) in [6.07, 6.45) is 3.25. The maximum atomic E-state index is 12.4. The minimum absolute atomic E-state index is 0.00999. The van der Waals surface area contributed by atoms with Gasteiger partial charge in [-0.2, -0.15) is 10.1 Å². The third-order valence-corrected chi connectivity index (χ3v) is 4.69. The van der Waals surface area contributed by atoms with Crippen molar-refractivity contribution in [3.63, 3.8) is 0 Å². The van der Waals surface area contributed by atoms with Gasteiger partial charge in [0.05, 0.1) is 0 Å². The molecular formula is C20H21N5O2. The summed E-state index contributed by atoms with van der Waals surface area (Å²) in [5, 5.41) is 6.58. The fraction of sp³-hybridized carbons (Fsp3) is 0.300. The zero-order chi connectivity index (χ0) is 18.6. The number of hydrogen-bond acceptors (Lipinski definition) is 5. The van der Waals surface area contributed by atoms with Crippen molar-refractivity contribution >= 4 is 5.91 Å². The maximum absolute atomic E-state index is 12.4. The van der Waals surface area contributed by atoms with E-state index in [2.05, 4.69) is 20.2 Å². The number of aromatic amines is 1. The van der Waals surface area contributed by atoms with Crippen LogP contribution >= 0.6 is 0 Å². The monoisotopic (exact) mass is 363 g/mol. The third kappa shape index (κ3) is 3.97. The van der Waals surface area contributed by atoms with E-state index in [9.17, 15) is 4.79 Å². The molecule has 1 aliphatic heterocycles. The Bertz CT molecular complexity index is 903. The molecule has 0 spiro atoms. The van der Waals surface area contributed by atoms with Crippen LogP contribution in [0.3, 0.4) is 0 Å². The van der Waals surface area contributed by atoms with Crippen LogP contribution in [0.1, 0.15) is 40.8 Å². The molecule has 0 saturated carbocycles. The number of H-pyrrole nitrogens is 1. The molecule has 0 radical (unpaired) electrons. The van der Waals surface area contributed by atoms with Crippen LogP contribution in [0, 0.1) is 6.92 Å². The van der Waals surface area contributed by atoms with Crippen molar-refractivity contribution in [1.82, 2.24) is 25.1 Å². The third-order valence-electron chi connectivity index (χ3n) is 4.69. The molecule has 1 fully saturated rings. The first kappa shape index (κ1) is 17.2. The number of amides is 1. The van der Waals surface area contributed by atoms with Gasteiger partial charge in [0.15, 0.2) is 0 Å². The summed E-state index contributed by atoms with van der Waals surface area (Å²) in [6.45, 7) is 3.29. The Kier molecular flexibility index (Phi) is 4.82. The second-order valence-electron chi connectivity index (χ2n) is 6.66. The van der Waals surface area contributed by atoms with Gasteiger partial charge in [0.25, 0.3) is 5.91 Å². The highest BCUT2D eigenvalue weighted by molar-refractivity contribution is 5.92. The van der Waals surface area contributed by atoms with Gasteiger partial charge >= 0.3 is 0 Å². The van der Waals surface area contributed by atoms with E-state index in [1.807, 2.05) is 48.2 Å². The molecule has 1 aromatic carbocycles. The molecular weight excluding hydrogens is 342 g/mol. The minimum atomic E-state index is -0.00999. The van der Waals surface area contributed by atoms with Crippen LogP contribution in [0.15, 0.2) is 48.7 Å². The van der Waals surface area contributed by atoms with E-state index in [0.29, 0.717) is 24.7 Å². The molecule has 4 rings (SSSR count). The number of likely N-dealkylation sites (tertiary alicyclic amines) is 1. The van der Waals surface area contributed by atoms with Gasteiger partial charge in [0.2, 0.25) is 5.88 Å². The van der Waals surface area contributed by atoms with E-state index in [4.69, 9.17) is 4.74 Å². The first-order valence-corrected chi connectivity index (χ1v) is 9.06. The molecule has 0 bridgehead atoms. The van der Waals surface area contributed by atoms with Crippen LogP contribution in [0.5, 0.6) is 11.6 Å². The molecule has 7 nitrogen and oxygen atoms in total. The van der Waals surface area contributed by atoms with Crippen LogP contribution in [-0.4, -0.2) is 44.1 Å². The standard InChI is InChI=1S/C20H21N5O2/c1-14-13-18(27-16-5-3-2-4-6-16)23-19(22-14)15-8-11-25(12-9-15)20(26)17-7-10-21-24-17/h2-7,10,13,15H,8-9,11-12H2,1H3,(H,21,24). The molecule has 1 amide bonds. The number of aromatic nitrogens is 4. The second-order valence-corrected chi connectivity index (χ2v) is 6.66. The predicted molar refractivity (Wildman–Crippen MR) is 99.8 cm³/mol. The Morgan fingerprint density at radius 2 is 1.93 bits per heavy atom. The molecule has 7 heteroatoms. The van der Waals surface area contributed by atoms with Crippen molar-refractivity contribution in [2.75, 3.05) is 13.1 Å². The van der Waals surface area contributed by atoms with E-state index in [1.165, 1.54) is 0 Å². The number of carbonyl (C=O) groups excluding carboxylic acids is 1. The Labute approximate surface area is 157 Å². The number of piperidine rings is 1. The van der Waals surface area contributed by atoms with Crippen LogP contribution in [0.4, 0.5) is 0 Å². The highest BCUT2D eigenvalue weighted by atomic mass is 16.5. The summed E-state index contributed by atoms with van der Waals surface area (Å²) in [5.41, 5.74) is 1.40. The first-order valence-electron chi connectivity index (χ1n) is 9.06. The number of benzene rings is 1. The van der Waals surface area contributed by atoms with Crippen LogP contribution in [-0.2, 0) is 0 Å². The normalized spacial score (nSPS) is 14.9. The smallest absolute Gasteiger partial charge is 0.271 e. The summed E-state index contributed by atoms with van der Waals surface area (Å²) in [4.78, 5) is 23.5.